The monoisotopic (exact) mass is 281 g/mol. The summed E-state index contributed by atoms with van der Waals surface area (Å²) in [5.74, 6) is 1.19. The maximum absolute atomic E-state index is 4.87. The Morgan fingerprint density at radius 3 is 3.00 bits per heavy atom. The highest BCUT2D eigenvalue weighted by atomic mass is 32.2. The van der Waals surface area contributed by atoms with Gasteiger partial charge in [0.15, 0.2) is 5.17 Å². The number of nitrogens with one attached hydrogen (secondary N) is 1. The minimum absolute atomic E-state index is 0.233. The van der Waals surface area contributed by atoms with Crippen molar-refractivity contribution in [3.05, 3.63) is 16.6 Å². The molecule has 1 unspecified atom stereocenters. The molecule has 18 heavy (non-hydrogen) atoms. The molecule has 98 valence electrons. The Morgan fingerprint density at radius 1 is 1.50 bits per heavy atom. The van der Waals surface area contributed by atoms with E-state index >= 15 is 0 Å². The lowest BCUT2D eigenvalue weighted by atomic mass is 10.0. The maximum Gasteiger partial charge on any atom is 0.157 e. The Bertz CT molecular complexity index is 421. The van der Waals surface area contributed by atoms with Gasteiger partial charge in [0.05, 0.1) is 0 Å². The van der Waals surface area contributed by atoms with Crippen molar-refractivity contribution in [3.8, 4) is 0 Å². The van der Waals surface area contributed by atoms with Crippen LogP contribution in [0.2, 0.25) is 0 Å². The predicted octanol–water partition coefficient (Wildman–Crippen LogP) is 3.60. The quantitative estimate of drug-likeness (QED) is 0.920. The lowest BCUT2D eigenvalue weighted by molar-refractivity contribution is 0.451. The van der Waals surface area contributed by atoms with Crippen molar-refractivity contribution in [2.75, 3.05) is 5.75 Å². The Balaban J connectivity index is 1.72. The molecule has 3 nitrogen and oxygen atoms in total. The first-order valence-corrected chi connectivity index (χ1v) is 8.56. The summed E-state index contributed by atoms with van der Waals surface area (Å²) in [6.07, 6.45) is 8.25. The SMILES string of the molecule is CCC(N=C1NC2(CCCC2)CS1)c1nccs1. The van der Waals surface area contributed by atoms with Crippen LogP contribution >= 0.6 is 23.1 Å². The van der Waals surface area contributed by atoms with Gasteiger partial charge in [-0.25, -0.2) is 4.98 Å². The van der Waals surface area contributed by atoms with Crippen LogP contribution in [0.4, 0.5) is 0 Å². The molecule has 1 aliphatic carbocycles. The third-order valence-corrected chi connectivity index (χ3v) is 5.87. The summed E-state index contributed by atoms with van der Waals surface area (Å²) >= 11 is 3.60. The van der Waals surface area contributed by atoms with E-state index in [9.17, 15) is 0 Å². The van der Waals surface area contributed by atoms with E-state index in [2.05, 4.69) is 17.2 Å². The number of aromatic nitrogens is 1. The molecule has 3 rings (SSSR count). The second kappa shape index (κ2) is 5.21. The Hall–Kier alpha value is -0.550. The first kappa shape index (κ1) is 12.5. The maximum atomic E-state index is 4.87. The van der Waals surface area contributed by atoms with E-state index in [0.29, 0.717) is 5.54 Å². The summed E-state index contributed by atoms with van der Waals surface area (Å²) in [7, 11) is 0. The minimum Gasteiger partial charge on any atom is -0.359 e. The Morgan fingerprint density at radius 2 is 2.33 bits per heavy atom. The fourth-order valence-electron chi connectivity index (χ4n) is 2.76. The number of hydrogen-bond acceptors (Lipinski definition) is 4. The molecule has 2 fully saturated rings. The molecular formula is C13H19N3S2. The molecule has 1 N–H and O–H groups in total. The normalized spacial score (nSPS) is 25.7. The topological polar surface area (TPSA) is 37.3 Å². The summed E-state index contributed by atoms with van der Waals surface area (Å²) in [5, 5.41) is 7.99. The molecule has 1 atom stereocenters. The van der Waals surface area contributed by atoms with Crippen LogP contribution < -0.4 is 5.32 Å². The highest BCUT2D eigenvalue weighted by molar-refractivity contribution is 8.14. The Kier molecular flexibility index (Phi) is 3.61. The fraction of sp³-hybridized carbons (Fsp3) is 0.692. The zero-order valence-corrected chi connectivity index (χ0v) is 12.3. The van der Waals surface area contributed by atoms with Crippen LogP contribution in [0.25, 0.3) is 0 Å². The number of thioether (sulfide) groups is 1. The van der Waals surface area contributed by atoms with E-state index in [1.165, 1.54) is 31.4 Å². The lowest BCUT2D eigenvalue weighted by Gasteiger charge is -2.22. The summed E-state index contributed by atoms with van der Waals surface area (Å²) in [6, 6.07) is 0.233. The van der Waals surface area contributed by atoms with Gasteiger partial charge in [-0.15, -0.1) is 11.3 Å². The van der Waals surface area contributed by atoms with Gasteiger partial charge in [-0.2, -0.15) is 0 Å². The van der Waals surface area contributed by atoms with E-state index in [4.69, 9.17) is 4.99 Å². The van der Waals surface area contributed by atoms with Gasteiger partial charge in [0.1, 0.15) is 11.0 Å². The first-order chi connectivity index (χ1) is 8.81. The van der Waals surface area contributed by atoms with Crippen LogP contribution in [0, 0.1) is 0 Å². The molecule has 1 aliphatic heterocycles. The van der Waals surface area contributed by atoms with Crippen molar-refractivity contribution < 1.29 is 0 Å². The fourth-order valence-corrected chi connectivity index (χ4v) is 4.78. The molecular weight excluding hydrogens is 262 g/mol. The smallest absolute Gasteiger partial charge is 0.157 e. The van der Waals surface area contributed by atoms with Crippen LogP contribution in [0.15, 0.2) is 16.6 Å². The predicted molar refractivity (Wildman–Crippen MR) is 79.4 cm³/mol. The van der Waals surface area contributed by atoms with Gasteiger partial charge < -0.3 is 5.32 Å². The number of aliphatic imine (C=N–C) groups is 1. The zero-order chi connectivity index (χ0) is 12.4. The molecule has 0 radical (unpaired) electrons. The number of rotatable bonds is 3. The molecule has 5 heteroatoms. The summed E-state index contributed by atoms with van der Waals surface area (Å²) < 4.78 is 0. The standard InChI is InChI=1S/C13H19N3S2/c1-2-10(11-14-7-8-17-11)15-12-16-13(9-18-12)5-3-4-6-13/h7-8,10H,2-6,9H2,1H3,(H,15,16). The van der Waals surface area contributed by atoms with Gasteiger partial charge in [0.2, 0.25) is 0 Å². The average molecular weight is 281 g/mol. The highest BCUT2D eigenvalue weighted by Gasteiger charge is 2.39. The second-order valence-corrected chi connectivity index (χ2v) is 7.02. The second-order valence-electron chi connectivity index (χ2n) is 5.13. The molecule has 2 aliphatic rings. The first-order valence-electron chi connectivity index (χ1n) is 6.69. The number of thiazole rings is 1. The van der Waals surface area contributed by atoms with Crippen LogP contribution in [0.3, 0.4) is 0 Å². The molecule has 2 heterocycles. The van der Waals surface area contributed by atoms with Crippen molar-refractivity contribution in [1.82, 2.24) is 10.3 Å². The Labute approximate surface area is 116 Å². The molecule has 1 saturated heterocycles. The van der Waals surface area contributed by atoms with Crippen molar-refractivity contribution in [2.45, 2.75) is 50.6 Å². The number of nitrogens with zero attached hydrogens (tertiary/aromatic N) is 2. The van der Waals surface area contributed by atoms with Crippen molar-refractivity contribution in [2.24, 2.45) is 4.99 Å². The number of hydrogen-bond donors (Lipinski definition) is 1. The zero-order valence-electron chi connectivity index (χ0n) is 10.7. The van der Waals surface area contributed by atoms with Crippen molar-refractivity contribution in [3.63, 3.8) is 0 Å². The van der Waals surface area contributed by atoms with Crippen LogP contribution in [-0.2, 0) is 0 Å². The molecule has 1 aromatic heterocycles. The van der Waals surface area contributed by atoms with E-state index in [-0.39, 0.29) is 6.04 Å². The number of amidine groups is 1. The lowest BCUT2D eigenvalue weighted by Crippen LogP contribution is -2.40. The summed E-state index contributed by atoms with van der Waals surface area (Å²) in [5.41, 5.74) is 0.366. The van der Waals surface area contributed by atoms with E-state index in [1.54, 1.807) is 11.3 Å². The van der Waals surface area contributed by atoms with Gasteiger partial charge >= 0.3 is 0 Å². The molecule has 0 aromatic carbocycles. The van der Waals surface area contributed by atoms with Gasteiger partial charge in [-0.05, 0) is 19.3 Å². The van der Waals surface area contributed by atoms with E-state index in [0.717, 1.165) is 16.6 Å². The van der Waals surface area contributed by atoms with E-state index in [1.807, 2.05) is 23.3 Å². The van der Waals surface area contributed by atoms with Gasteiger partial charge in [-0.1, -0.05) is 31.5 Å². The van der Waals surface area contributed by atoms with Gasteiger partial charge in [0, 0.05) is 22.9 Å². The van der Waals surface area contributed by atoms with Gasteiger partial charge in [-0.3, -0.25) is 4.99 Å². The molecule has 1 spiro atoms. The van der Waals surface area contributed by atoms with Crippen molar-refractivity contribution >= 4 is 28.3 Å². The van der Waals surface area contributed by atoms with Crippen LogP contribution in [0.1, 0.15) is 50.1 Å². The summed E-state index contributed by atoms with van der Waals surface area (Å²) in [4.78, 5) is 9.26. The molecule has 1 saturated carbocycles. The molecule has 0 bridgehead atoms. The largest absolute Gasteiger partial charge is 0.359 e. The van der Waals surface area contributed by atoms with Crippen molar-refractivity contribution in [1.29, 1.82) is 0 Å². The van der Waals surface area contributed by atoms with E-state index < -0.39 is 0 Å². The van der Waals surface area contributed by atoms with Gasteiger partial charge in [0.25, 0.3) is 0 Å². The van der Waals surface area contributed by atoms with Crippen LogP contribution in [-0.4, -0.2) is 21.4 Å². The highest BCUT2D eigenvalue weighted by Crippen LogP contribution is 2.38. The minimum atomic E-state index is 0.233. The molecule has 0 amide bonds. The summed E-state index contributed by atoms with van der Waals surface area (Å²) in [6.45, 7) is 2.18. The third kappa shape index (κ3) is 2.43. The van der Waals surface area contributed by atoms with Crippen LogP contribution in [0.5, 0.6) is 0 Å². The third-order valence-electron chi connectivity index (χ3n) is 3.81. The average Bonchev–Trinajstić information content (AvgIpc) is 3.10. The molecule has 1 aromatic rings.